The number of rotatable bonds is 4. The van der Waals surface area contributed by atoms with Crippen LogP contribution in [0.1, 0.15) is 50.6 Å². The second kappa shape index (κ2) is 7.45. The molecule has 1 aliphatic heterocycles. The van der Waals surface area contributed by atoms with Gasteiger partial charge in [0.05, 0.1) is 11.3 Å². The van der Waals surface area contributed by atoms with Gasteiger partial charge in [0.25, 0.3) is 5.91 Å². The summed E-state index contributed by atoms with van der Waals surface area (Å²) in [5.41, 5.74) is 6.27. The van der Waals surface area contributed by atoms with Crippen molar-refractivity contribution < 1.29 is 22.8 Å². The topological polar surface area (TPSA) is 102 Å². The molecule has 156 valence electrons. The largest absolute Gasteiger partial charge is 0.435 e. The van der Waals surface area contributed by atoms with Gasteiger partial charge in [-0.2, -0.15) is 18.3 Å². The second-order valence-electron chi connectivity index (χ2n) is 7.18. The lowest BCUT2D eigenvalue weighted by Crippen LogP contribution is -2.28. The highest BCUT2D eigenvalue weighted by molar-refractivity contribution is 7.17. The van der Waals surface area contributed by atoms with E-state index >= 15 is 0 Å². The van der Waals surface area contributed by atoms with E-state index in [1.165, 1.54) is 11.3 Å². The third-order valence-corrected chi connectivity index (χ3v) is 6.45. The van der Waals surface area contributed by atoms with Gasteiger partial charge in [-0.1, -0.05) is 0 Å². The number of aromatic nitrogens is 2. The van der Waals surface area contributed by atoms with E-state index in [9.17, 15) is 22.8 Å². The van der Waals surface area contributed by atoms with Crippen LogP contribution in [0, 0.1) is 0 Å². The number of halogens is 3. The molecule has 0 saturated heterocycles. The molecule has 0 saturated carbocycles. The van der Waals surface area contributed by atoms with Gasteiger partial charge in [0.15, 0.2) is 5.69 Å². The number of thiophene rings is 1. The molecule has 7 nitrogen and oxygen atoms in total. The van der Waals surface area contributed by atoms with Crippen molar-refractivity contribution in [2.75, 3.05) is 11.9 Å². The van der Waals surface area contributed by atoms with E-state index in [0.717, 1.165) is 40.8 Å². The van der Waals surface area contributed by atoms with Crippen molar-refractivity contribution in [3.8, 4) is 0 Å². The molecule has 29 heavy (non-hydrogen) atoms. The summed E-state index contributed by atoms with van der Waals surface area (Å²) >= 11 is 1.31. The molecular formula is C18H20F3N5O2S. The van der Waals surface area contributed by atoms with Crippen LogP contribution in [0.4, 0.5) is 18.2 Å². The molecule has 2 aliphatic rings. The predicted octanol–water partition coefficient (Wildman–Crippen LogP) is 2.23. The van der Waals surface area contributed by atoms with Gasteiger partial charge in [-0.15, -0.1) is 11.3 Å². The van der Waals surface area contributed by atoms with E-state index < -0.39 is 23.7 Å². The Morgan fingerprint density at radius 3 is 2.69 bits per heavy atom. The Balaban J connectivity index is 1.59. The third-order valence-electron chi connectivity index (χ3n) is 5.24. The number of hydrogen-bond donors (Lipinski definition) is 3. The Labute approximate surface area is 168 Å². The van der Waals surface area contributed by atoms with E-state index in [-0.39, 0.29) is 25.1 Å². The normalized spacial score (nSPS) is 16.2. The fraction of sp³-hybridized carbons (Fsp3) is 0.500. The van der Waals surface area contributed by atoms with E-state index in [4.69, 9.17) is 5.73 Å². The van der Waals surface area contributed by atoms with Crippen LogP contribution in [-0.4, -0.2) is 28.1 Å². The van der Waals surface area contributed by atoms with E-state index in [1.807, 2.05) is 0 Å². The SMILES string of the molecule is NC(=O)c1c(NC(=O)Cn2nc(C(F)(F)F)c3c2CNCC3)sc2c1CCCC2. The summed E-state index contributed by atoms with van der Waals surface area (Å²) in [4.78, 5) is 25.5. The van der Waals surface area contributed by atoms with Crippen LogP contribution in [0.15, 0.2) is 0 Å². The number of carbonyl (C=O) groups is 2. The van der Waals surface area contributed by atoms with Crippen LogP contribution in [0.3, 0.4) is 0 Å². The summed E-state index contributed by atoms with van der Waals surface area (Å²) in [6.07, 6.45) is -0.864. The highest BCUT2D eigenvalue weighted by Crippen LogP contribution is 2.38. The molecule has 3 heterocycles. The molecule has 2 amide bonds. The Morgan fingerprint density at radius 2 is 1.97 bits per heavy atom. The summed E-state index contributed by atoms with van der Waals surface area (Å²) in [5.74, 6) is -1.16. The quantitative estimate of drug-likeness (QED) is 0.696. The molecule has 0 unspecified atom stereocenters. The number of fused-ring (bicyclic) bond motifs is 2. The lowest BCUT2D eigenvalue weighted by Gasteiger charge is -2.16. The first kappa shape index (κ1) is 19.9. The summed E-state index contributed by atoms with van der Waals surface area (Å²) in [6.45, 7) is 0.267. The molecule has 0 atom stereocenters. The molecule has 4 rings (SSSR count). The van der Waals surface area contributed by atoms with Gasteiger partial charge in [-0.3, -0.25) is 14.3 Å². The van der Waals surface area contributed by atoms with Gasteiger partial charge < -0.3 is 16.4 Å². The number of amides is 2. The van der Waals surface area contributed by atoms with Gasteiger partial charge in [-0.05, 0) is 44.2 Å². The molecule has 11 heteroatoms. The molecule has 0 radical (unpaired) electrons. The van der Waals surface area contributed by atoms with Crippen LogP contribution >= 0.6 is 11.3 Å². The Morgan fingerprint density at radius 1 is 1.21 bits per heavy atom. The first-order chi connectivity index (χ1) is 13.8. The zero-order valence-electron chi connectivity index (χ0n) is 15.5. The van der Waals surface area contributed by atoms with Gasteiger partial charge in [-0.25, -0.2) is 0 Å². The van der Waals surface area contributed by atoms with Crippen molar-refractivity contribution in [2.45, 2.75) is 51.4 Å². The van der Waals surface area contributed by atoms with Crippen molar-refractivity contribution in [1.82, 2.24) is 15.1 Å². The molecule has 1 aliphatic carbocycles. The molecule has 0 fully saturated rings. The summed E-state index contributed by atoms with van der Waals surface area (Å²) in [5, 5.41) is 9.71. The maximum Gasteiger partial charge on any atom is 0.435 e. The zero-order chi connectivity index (χ0) is 20.8. The highest BCUT2D eigenvalue weighted by Gasteiger charge is 2.39. The van der Waals surface area contributed by atoms with Crippen molar-refractivity contribution in [3.63, 3.8) is 0 Å². The average molecular weight is 427 g/mol. The molecule has 4 N–H and O–H groups in total. The molecule has 0 aromatic carbocycles. The number of anilines is 1. The van der Waals surface area contributed by atoms with Gasteiger partial charge in [0.2, 0.25) is 5.91 Å². The summed E-state index contributed by atoms with van der Waals surface area (Å²) in [7, 11) is 0. The maximum absolute atomic E-state index is 13.3. The smallest absolute Gasteiger partial charge is 0.365 e. The third kappa shape index (κ3) is 3.76. The lowest BCUT2D eigenvalue weighted by molar-refractivity contribution is -0.142. The van der Waals surface area contributed by atoms with Gasteiger partial charge in [0.1, 0.15) is 11.5 Å². The number of aryl methyl sites for hydroxylation is 1. The standard InChI is InChI=1S/C18H20F3N5O2S/c19-18(20,21)15-9-5-6-23-7-11(9)26(25-15)8-13(27)24-17-14(16(22)28)10-3-1-2-4-12(10)29-17/h23H,1-8H2,(H2,22,28)(H,24,27). The Kier molecular flexibility index (Phi) is 5.11. The number of carbonyl (C=O) groups excluding carboxylic acids is 2. The molecule has 0 bridgehead atoms. The van der Waals surface area contributed by atoms with Gasteiger partial charge >= 0.3 is 6.18 Å². The van der Waals surface area contributed by atoms with E-state index in [2.05, 4.69) is 15.7 Å². The number of primary amides is 1. The van der Waals surface area contributed by atoms with E-state index in [1.54, 1.807) is 0 Å². The Hall–Kier alpha value is -2.40. The zero-order valence-corrected chi connectivity index (χ0v) is 16.3. The summed E-state index contributed by atoms with van der Waals surface area (Å²) in [6, 6.07) is 0. The minimum atomic E-state index is -4.57. The van der Waals surface area contributed by atoms with Crippen molar-refractivity contribution >= 4 is 28.2 Å². The fourth-order valence-corrected chi connectivity index (χ4v) is 5.30. The van der Waals surface area contributed by atoms with Crippen molar-refractivity contribution in [1.29, 1.82) is 0 Å². The molecule has 2 aromatic heterocycles. The number of hydrogen-bond acceptors (Lipinski definition) is 5. The van der Waals surface area contributed by atoms with Gasteiger partial charge in [0, 0.05) is 17.0 Å². The highest BCUT2D eigenvalue weighted by atomic mass is 32.1. The second-order valence-corrected chi connectivity index (χ2v) is 8.29. The van der Waals surface area contributed by atoms with Crippen molar-refractivity contribution in [3.05, 3.63) is 33.0 Å². The molecule has 2 aromatic rings. The monoisotopic (exact) mass is 427 g/mol. The van der Waals surface area contributed by atoms with Crippen LogP contribution in [0.2, 0.25) is 0 Å². The Bertz CT molecular complexity index is 979. The van der Waals surface area contributed by atoms with Crippen LogP contribution < -0.4 is 16.4 Å². The molecular weight excluding hydrogens is 407 g/mol. The van der Waals surface area contributed by atoms with Crippen molar-refractivity contribution in [2.24, 2.45) is 5.73 Å². The average Bonchev–Trinajstić information content (AvgIpc) is 3.20. The minimum Gasteiger partial charge on any atom is -0.365 e. The first-order valence-corrected chi connectivity index (χ1v) is 10.2. The number of alkyl halides is 3. The fourth-order valence-electron chi connectivity index (χ4n) is 3.99. The lowest BCUT2D eigenvalue weighted by atomic mass is 9.95. The summed E-state index contributed by atoms with van der Waals surface area (Å²) < 4.78 is 41.0. The minimum absolute atomic E-state index is 0.133. The number of nitrogens with zero attached hydrogens (tertiary/aromatic N) is 2. The predicted molar refractivity (Wildman–Crippen MR) is 101 cm³/mol. The number of nitrogens with two attached hydrogens (primary N) is 1. The van der Waals surface area contributed by atoms with Crippen LogP contribution in [0.25, 0.3) is 0 Å². The molecule has 0 spiro atoms. The number of nitrogens with one attached hydrogen (secondary N) is 2. The maximum atomic E-state index is 13.3. The van der Waals surface area contributed by atoms with Crippen LogP contribution in [0.5, 0.6) is 0 Å². The van der Waals surface area contributed by atoms with Crippen LogP contribution in [-0.2, 0) is 43.3 Å². The first-order valence-electron chi connectivity index (χ1n) is 9.36. The van der Waals surface area contributed by atoms with E-state index in [0.29, 0.717) is 22.8 Å².